The fourth-order valence-corrected chi connectivity index (χ4v) is 1.94. The van der Waals surface area contributed by atoms with Crippen LogP contribution in [0.1, 0.15) is 34.5 Å². The minimum absolute atomic E-state index is 0.0405. The van der Waals surface area contributed by atoms with Crippen LogP contribution in [0, 0.1) is 13.8 Å². The number of carboxylic acid groups (broad SMARTS) is 1. The summed E-state index contributed by atoms with van der Waals surface area (Å²) < 4.78 is 5.52. The Morgan fingerprint density at radius 3 is 2.60 bits per heavy atom. The second kappa shape index (κ2) is 5.77. The number of furan rings is 1. The molecule has 1 heterocycles. The zero-order valence-corrected chi connectivity index (χ0v) is 11.5. The number of carboxylic acids is 1. The highest BCUT2D eigenvalue weighted by atomic mass is 16.4. The van der Waals surface area contributed by atoms with Gasteiger partial charge in [0.1, 0.15) is 5.58 Å². The molecule has 0 atom stereocenters. The van der Waals surface area contributed by atoms with Crippen molar-refractivity contribution in [2.24, 2.45) is 0 Å². The van der Waals surface area contributed by atoms with Crippen LogP contribution in [0.4, 0.5) is 0 Å². The van der Waals surface area contributed by atoms with Crippen molar-refractivity contribution >= 4 is 22.8 Å². The summed E-state index contributed by atoms with van der Waals surface area (Å²) >= 11 is 0. The number of hydrogen-bond acceptors (Lipinski definition) is 3. The Balaban J connectivity index is 2.05. The Hall–Kier alpha value is -2.30. The lowest BCUT2D eigenvalue weighted by atomic mass is 10.1. The van der Waals surface area contributed by atoms with Crippen LogP contribution >= 0.6 is 0 Å². The fourth-order valence-electron chi connectivity index (χ4n) is 1.94. The Morgan fingerprint density at radius 1 is 1.20 bits per heavy atom. The maximum absolute atomic E-state index is 11.9. The van der Waals surface area contributed by atoms with E-state index < -0.39 is 5.97 Å². The van der Waals surface area contributed by atoms with Gasteiger partial charge >= 0.3 is 5.97 Å². The number of aliphatic carboxylic acids is 1. The van der Waals surface area contributed by atoms with Crippen LogP contribution < -0.4 is 5.32 Å². The predicted molar refractivity (Wildman–Crippen MR) is 74.9 cm³/mol. The van der Waals surface area contributed by atoms with Gasteiger partial charge in [-0.2, -0.15) is 0 Å². The molecule has 2 rings (SSSR count). The van der Waals surface area contributed by atoms with Gasteiger partial charge in [0.25, 0.3) is 5.91 Å². The minimum Gasteiger partial charge on any atom is -0.481 e. The van der Waals surface area contributed by atoms with Crippen molar-refractivity contribution in [3.05, 3.63) is 35.1 Å². The molecule has 0 saturated heterocycles. The van der Waals surface area contributed by atoms with Crippen molar-refractivity contribution in [2.45, 2.75) is 26.7 Å². The number of benzene rings is 1. The third-order valence-corrected chi connectivity index (χ3v) is 3.21. The maximum Gasteiger partial charge on any atom is 0.303 e. The largest absolute Gasteiger partial charge is 0.481 e. The van der Waals surface area contributed by atoms with E-state index in [4.69, 9.17) is 9.52 Å². The highest BCUT2D eigenvalue weighted by Crippen LogP contribution is 2.23. The molecule has 1 aromatic heterocycles. The number of nitrogens with one attached hydrogen (secondary N) is 1. The van der Waals surface area contributed by atoms with Crippen LogP contribution in [0.3, 0.4) is 0 Å². The van der Waals surface area contributed by atoms with Crippen molar-refractivity contribution in [3.8, 4) is 0 Å². The summed E-state index contributed by atoms with van der Waals surface area (Å²) in [6.45, 7) is 4.32. The molecule has 2 N–H and O–H groups in total. The molecule has 0 radical (unpaired) electrons. The fraction of sp³-hybridized carbons (Fsp3) is 0.333. The predicted octanol–water partition coefficient (Wildman–Crippen LogP) is 2.64. The van der Waals surface area contributed by atoms with Crippen LogP contribution in [-0.2, 0) is 4.79 Å². The van der Waals surface area contributed by atoms with E-state index in [9.17, 15) is 9.59 Å². The Labute approximate surface area is 116 Å². The Bertz CT molecular complexity index is 618. The molecule has 5 heteroatoms. The number of aryl methyl sites for hydroxylation is 2. The molecule has 0 aliphatic heterocycles. The topological polar surface area (TPSA) is 79.5 Å². The third-order valence-electron chi connectivity index (χ3n) is 3.21. The maximum atomic E-state index is 11.9. The van der Waals surface area contributed by atoms with Gasteiger partial charge < -0.3 is 14.8 Å². The molecule has 1 amide bonds. The van der Waals surface area contributed by atoms with Gasteiger partial charge in [-0.15, -0.1) is 0 Å². The highest BCUT2D eigenvalue weighted by Gasteiger charge is 2.12. The number of fused-ring (bicyclic) bond motifs is 1. The van der Waals surface area contributed by atoms with Crippen molar-refractivity contribution in [1.82, 2.24) is 5.32 Å². The second-order valence-electron chi connectivity index (χ2n) is 4.84. The molecule has 1 aromatic carbocycles. The number of carbonyl (C=O) groups excluding carboxylic acids is 1. The van der Waals surface area contributed by atoms with Crippen LogP contribution in [-0.4, -0.2) is 23.5 Å². The van der Waals surface area contributed by atoms with Gasteiger partial charge in [-0.1, -0.05) is 0 Å². The monoisotopic (exact) mass is 275 g/mol. The molecule has 2 aromatic rings. The van der Waals surface area contributed by atoms with E-state index in [1.54, 1.807) is 6.07 Å². The normalized spacial score (nSPS) is 10.7. The molecule has 20 heavy (non-hydrogen) atoms. The van der Waals surface area contributed by atoms with Crippen molar-refractivity contribution < 1.29 is 19.1 Å². The van der Waals surface area contributed by atoms with Crippen molar-refractivity contribution in [2.75, 3.05) is 6.54 Å². The minimum atomic E-state index is -0.867. The van der Waals surface area contributed by atoms with E-state index in [2.05, 4.69) is 5.32 Å². The SMILES string of the molecule is Cc1cc2cc(C(=O)NCCCC(=O)O)oc2cc1C. The standard InChI is InChI=1S/C15H17NO4/c1-9-6-11-8-13(20-12(11)7-10(9)2)15(19)16-5-3-4-14(17)18/h6-8H,3-5H2,1-2H3,(H,16,19)(H,17,18). The summed E-state index contributed by atoms with van der Waals surface area (Å²) in [5.41, 5.74) is 2.94. The average Bonchev–Trinajstić information content (AvgIpc) is 2.77. The molecule has 106 valence electrons. The van der Waals surface area contributed by atoms with Crippen LogP contribution in [0.25, 0.3) is 11.0 Å². The van der Waals surface area contributed by atoms with E-state index in [-0.39, 0.29) is 18.1 Å². The zero-order valence-electron chi connectivity index (χ0n) is 11.5. The Morgan fingerprint density at radius 2 is 1.90 bits per heavy atom. The van der Waals surface area contributed by atoms with Gasteiger partial charge in [0.2, 0.25) is 0 Å². The third kappa shape index (κ3) is 3.17. The molecular weight excluding hydrogens is 258 g/mol. The smallest absolute Gasteiger partial charge is 0.303 e. The molecule has 0 aliphatic rings. The van der Waals surface area contributed by atoms with Crippen molar-refractivity contribution in [3.63, 3.8) is 0 Å². The Kier molecular flexibility index (Phi) is 4.08. The molecule has 0 aliphatic carbocycles. The summed E-state index contributed by atoms with van der Waals surface area (Å²) in [6, 6.07) is 5.59. The summed E-state index contributed by atoms with van der Waals surface area (Å²) in [7, 11) is 0. The number of carbonyl (C=O) groups is 2. The zero-order chi connectivity index (χ0) is 14.7. The molecule has 0 fully saturated rings. The van der Waals surface area contributed by atoms with E-state index in [0.717, 1.165) is 16.5 Å². The lowest BCUT2D eigenvalue weighted by Crippen LogP contribution is -2.24. The first-order valence-electron chi connectivity index (χ1n) is 6.48. The van der Waals surface area contributed by atoms with E-state index in [1.807, 2.05) is 26.0 Å². The van der Waals surface area contributed by atoms with Crippen LogP contribution in [0.5, 0.6) is 0 Å². The lowest BCUT2D eigenvalue weighted by molar-refractivity contribution is -0.137. The molecule has 0 spiro atoms. The quantitative estimate of drug-likeness (QED) is 0.822. The number of amides is 1. The molecular formula is C15H17NO4. The number of hydrogen-bond donors (Lipinski definition) is 2. The average molecular weight is 275 g/mol. The van der Waals surface area contributed by atoms with Crippen LogP contribution in [0.2, 0.25) is 0 Å². The first-order chi connectivity index (χ1) is 9.47. The van der Waals surface area contributed by atoms with Crippen LogP contribution in [0.15, 0.2) is 22.6 Å². The van der Waals surface area contributed by atoms with Gasteiger partial charge in [-0.3, -0.25) is 9.59 Å². The summed E-state index contributed by atoms with van der Waals surface area (Å²) in [5, 5.41) is 12.1. The first-order valence-corrected chi connectivity index (χ1v) is 6.48. The molecule has 0 unspecified atom stereocenters. The summed E-state index contributed by atoms with van der Waals surface area (Å²) in [6.07, 6.45) is 0.443. The highest BCUT2D eigenvalue weighted by molar-refractivity contribution is 5.96. The van der Waals surface area contributed by atoms with Gasteiger partial charge in [-0.25, -0.2) is 0 Å². The van der Waals surface area contributed by atoms with E-state index in [1.165, 1.54) is 0 Å². The molecule has 0 saturated carbocycles. The summed E-state index contributed by atoms with van der Waals surface area (Å²) in [5.74, 6) is -0.934. The second-order valence-corrected chi connectivity index (χ2v) is 4.84. The molecule has 0 bridgehead atoms. The van der Waals surface area contributed by atoms with Gasteiger partial charge in [0, 0.05) is 18.4 Å². The number of rotatable bonds is 5. The van der Waals surface area contributed by atoms with Gasteiger partial charge in [0.15, 0.2) is 5.76 Å². The first kappa shape index (κ1) is 14.1. The van der Waals surface area contributed by atoms with E-state index in [0.29, 0.717) is 18.5 Å². The molecule has 5 nitrogen and oxygen atoms in total. The van der Waals surface area contributed by atoms with Crippen molar-refractivity contribution in [1.29, 1.82) is 0 Å². The van der Waals surface area contributed by atoms with E-state index >= 15 is 0 Å². The van der Waals surface area contributed by atoms with Gasteiger partial charge in [-0.05, 0) is 49.6 Å². The summed E-state index contributed by atoms with van der Waals surface area (Å²) in [4.78, 5) is 22.2. The lowest BCUT2D eigenvalue weighted by Gasteiger charge is -2.00. The van der Waals surface area contributed by atoms with Gasteiger partial charge in [0.05, 0.1) is 0 Å².